The van der Waals surface area contributed by atoms with Gasteiger partial charge in [-0.3, -0.25) is 0 Å². The van der Waals surface area contributed by atoms with Crippen molar-refractivity contribution in [1.29, 1.82) is 0 Å². The zero-order valence-corrected chi connectivity index (χ0v) is 30.5. The fourth-order valence-electron chi connectivity index (χ4n) is 7.35. The van der Waals surface area contributed by atoms with E-state index in [-0.39, 0.29) is 10.8 Å². The standard InChI is InChI=1S/C40H48O4P2/c1-9-42-45(41-8)25-27-15-19-33-34-20-17-30(24-38(34)40(6,7)36(33)21-27)29-13-12-14-31-32-18-16-28(26-46(43-10-2)44-11-3)22-35(32)39(4,5)37(31)23-29/h12,14-24H,9-11,13,25-26H2,1-8H3. The summed E-state index contributed by atoms with van der Waals surface area (Å²) < 4.78 is 23.4. The molecular weight excluding hydrogens is 606 g/mol. The Labute approximate surface area is 278 Å². The molecule has 0 radical (unpaired) electrons. The van der Waals surface area contributed by atoms with Crippen molar-refractivity contribution in [3.8, 4) is 11.1 Å². The molecule has 3 aromatic rings. The average molecular weight is 655 g/mol. The molecule has 0 fully saturated rings. The summed E-state index contributed by atoms with van der Waals surface area (Å²) in [5.41, 5.74) is 16.0. The van der Waals surface area contributed by atoms with Gasteiger partial charge in [-0.25, -0.2) is 0 Å². The maximum absolute atomic E-state index is 5.94. The van der Waals surface area contributed by atoms with E-state index in [1.54, 1.807) is 7.11 Å². The van der Waals surface area contributed by atoms with Gasteiger partial charge in [0.25, 0.3) is 0 Å². The fourth-order valence-corrected chi connectivity index (χ4v) is 9.79. The molecule has 0 saturated heterocycles. The molecular formula is C40H48O4P2. The summed E-state index contributed by atoms with van der Waals surface area (Å²) in [7, 11) is -0.0873. The van der Waals surface area contributed by atoms with Crippen LogP contribution in [0.15, 0.2) is 78.4 Å². The highest BCUT2D eigenvalue weighted by atomic mass is 31.2. The van der Waals surface area contributed by atoms with Crippen molar-refractivity contribution in [2.75, 3.05) is 26.9 Å². The van der Waals surface area contributed by atoms with Gasteiger partial charge in [0.1, 0.15) is 0 Å². The number of allylic oxidation sites excluding steroid dienone is 6. The first-order valence-electron chi connectivity index (χ1n) is 16.6. The number of rotatable bonds is 12. The molecule has 4 nitrogen and oxygen atoms in total. The summed E-state index contributed by atoms with van der Waals surface area (Å²) in [6, 6.07) is 21.0. The van der Waals surface area contributed by atoms with Crippen LogP contribution in [0, 0.1) is 0 Å². The minimum atomic E-state index is -0.920. The Morgan fingerprint density at radius 3 is 1.83 bits per heavy atom. The molecule has 0 amide bonds. The average Bonchev–Trinajstić information content (AvgIpc) is 3.24. The molecule has 46 heavy (non-hydrogen) atoms. The summed E-state index contributed by atoms with van der Waals surface area (Å²) in [6.07, 6.45) is 9.72. The second kappa shape index (κ2) is 13.6. The predicted molar refractivity (Wildman–Crippen MR) is 195 cm³/mol. The summed E-state index contributed by atoms with van der Waals surface area (Å²) in [5.74, 6) is 0. The summed E-state index contributed by atoms with van der Waals surface area (Å²) >= 11 is 0. The highest BCUT2D eigenvalue weighted by Crippen LogP contribution is 2.53. The Hall–Kier alpha value is -2.42. The van der Waals surface area contributed by atoms with E-state index in [0.29, 0.717) is 19.8 Å². The SMILES string of the molecule is CCOP(Cc1ccc2c(c1)C(C)(C)c1cc(C3=CC4=C(C=CC3)c3ccc(CP(OCC)OCC)cc3C4(C)C)ccc1-2)OC. The van der Waals surface area contributed by atoms with Gasteiger partial charge in [0.2, 0.25) is 0 Å². The summed E-state index contributed by atoms with van der Waals surface area (Å²) in [6.45, 7) is 17.6. The van der Waals surface area contributed by atoms with Gasteiger partial charge in [-0.15, -0.1) is 0 Å². The minimum absolute atomic E-state index is 0.0919. The van der Waals surface area contributed by atoms with Gasteiger partial charge in [-0.05, 0) is 100 Å². The Bertz CT molecular complexity index is 1710. The molecule has 0 heterocycles. The highest BCUT2D eigenvalue weighted by molar-refractivity contribution is 7.46. The Balaban J connectivity index is 1.31. The molecule has 0 N–H and O–H groups in total. The second-order valence-electron chi connectivity index (χ2n) is 13.3. The quantitative estimate of drug-likeness (QED) is 0.182. The van der Waals surface area contributed by atoms with Gasteiger partial charge in [0.15, 0.2) is 16.8 Å². The summed E-state index contributed by atoms with van der Waals surface area (Å²) in [4.78, 5) is 0. The largest absolute Gasteiger partial charge is 0.337 e. The van der Waals surface area contributed by atoms with Crippen molar-refractivity contribution >= 4 is 27.9 Å². The van der Waals surface area contributed by atoms with Gasteiger partial charge in [0.05, 0.1) is 19.8 Å². The topological polar surface area (TPSA) is 36.9 Å². The summed E-state index contributed by atoms with van der Waals surface area (Å²) in [5, 5.41) is 0. The third-order valence-electron chi connectivity index (χ3n) is 9.71. The zero-order valence-electron chi connectivity index (χ0n) is 28.7. The monoisotopic (exact) mass is 654 g/mol. The van der Waals surface area contributed by atoms with Crippen LogP contribution in [0.25, 0.3) is 22.3 Å². The van der Waals surface area contributed by atoms with Gasteiger partial charge >= 0.3 is 0 Å². The molecule has 6 rings (SSSR count). The second-order valence-corrected chi connectivity index (χ2v) is 16.4. The molecule has 3 aliphatic rings. The molecule has 0 saturated carbocycles. The Morgan fingerprint density at radius 1 is 0.652 bits per heavy atom. The van der Waals surface area contributed by atoms with Crippen LogP contribution in [0.4, 0.5) is 0 Å². The predicted octanol–water partition coefficient (Wildman–Crippen LogP) is 11.5. The molecule has 3 aromatic carbocycles. The van der Waals surface area contributed by atoms with Crippen molar-refractivity contribution < 1.29 is 18.1 Å². The maximum atomic E-state index is 5.94. The molecule has 0 aromatic heterocycles. The normalized spacial score (nSPS) is 17.8. The lowest BCUT2D eigenvalue weighted by molar-refractivity contribution is 0.268. The van der Waals surface area contributed by atoms with E-state index in [0.717, 1.165) is 18.7 Å². The van der Waals surface area contributed by atoms with E-state index in [1.165, 1.54) is 66.8 Å². The molecule has 0 spiro atoms. The zero-order chi connectivity index (χ0) is 32.6. The highest BCUT2D eigenvalue weighted by Gasteiger charge is 2.38. The number of fused-ring (bicyclic) bond motifs is 5. The van der Waals surface area contributed by atoms with E-state index in [2.05, 4.69) is 101 Å². The molecule has 3 aliphatic carbocycles. The molecule has 0 aliphatic heterocycles. The smallest absolute Gasteiger partial charge is 0.175 e. The van der Waals surface area contributed by atoms with Crippen molar-refractivity contribution in [2.45, 2.75) is 78.0 Å². The van der Waals surface area contributed by atoms with Gasteiger partial charge < -0.3 is 18.1 Å². The van der Waals surface area contributed by atoms with Crippen LogP contribution < -0.4 is 0 Å². The third kappa shape index (κ3) is 6.14. The lowest BCUT2D eigenvalue weighted by Gasteiger charge is -2.25. The third-order valence-corrected chi connectivity index (χ3v) is 13.0. The van der Waals surface area contributed by atoms with Crippen molar-refractivity contribution in [2.24, 2.45) is 0 Å². The molecule has 0 bridgehead atoms. The first-order chi connectivity index (χ1) is 22.1. The van der Waals surface area contributed by atoms with E-state index in [9.17, 15) is 0 Å². The first kappa shape index (κ1) is 33.5. The molecule has 242 valence electrons. The van der Waals surface area contributed by atoms with Crippen LogP contribution in [-0.2, 0) is 41.2 Å². The molecule has 6 heteroatoms. The molecule has 1 atom stereocenters. The first-order valence-corrected chi connectivity index (χ1v) is 19.4. The molecule has 1 unspecified atom stereocenters. The van der Waals surface area contributed by atoms with Crippen LogP contribution in [0.3, 0.4) is 0 Å². The van der Waals surface area contributed by atoms with Crippen LogP contribution >= 0.6 is 16.8 Å². The number of hydrogen-bond acceptors (Lipinski definition) is 4. The lowest BCUT2D eigenvalue weighted by atomic mass is 9.79. The van der Waals surface area contributed by atoms with E-state index < -0.39 is 16.8 Å². The van der Waals surface area contributed by atoms with Crippen molar-refractivity contribution in [1.82, 2.24) is 0 Å². The van der Waals surface area contributed by atoms with E-state index >= 15 is 0 Å². The minimum Gasteiger partial charge on any atom is -0.337 e. The van der Waals surface area contributed by atoms with Crippen LogP contribution in [-0.4, -0.2) is 26.9 Å². The van der Waals surface area contributed by atoms with Crippen molar-refractivity contribution in [3.05, 3.63) is 117 Å². The Morgan fingerprint density at radius 2 is 1.20 bits per heavy atom. The van der Waals surface area contributed by atoms with Crippen LogP contribution in [0.1, 0.15) is 93.8 Å². The Kier molecular flexibility index (Phi) is 9.90. The number of hydrogen-bond donors (Lipinski definition) is 0. The van der Waals surface area contributed by atoms with E-state index in [4.69, 9.17) is 18.1 Å². The van der Waals surface area contributed by atoms with Gasteiger partial charge in [-0.2, -0.15) is 0 Å². The van der Waals surface area contributed by atoms with Crippen LogP contribution in [0.2, 0.25) is 0 Å². The van der Waals surface area contributed by atoms with E-state index in [1.807, 2.05) is 20.8 Å². The lowest BCUT2D eigenvalue weighted by Crippen LogP contribution is -2.17. The van der Waals surface area contributed by atoms with Crippen LogP contribution in [0.5, 0.6) is 0 Å². The van der Waals surface area contributed by atoms with Crippen molar-refractivity contribution in [3.63, 3.8) is 0 Å². The number of benzene rings is 3. The van der Waals surface area contributed by atoms with Gasteiger partial charge in [0, 0.05) is 30.3 Å². The van der Waals surface area contributed by atoms with Gasteiger partial charge in [-0.1, -0.05) is 94.5 Å². The maximum Gasteiger partial charge on any atom is 0.175 e. The fraction of sp³-hybridized carbons (Fsp3) is 0.400.